The first-order chi connectivity index (χ1) is 9.18. The van der Waals surface area contributed by atoms with E-state index in [9.17, 15) is 8.78 Å². The predicted molar refractivity (Wildman–Crippen MR) is 71.9 cm³/mol. The maximum atomic E-state index is 14.3. The molecule has 1 aliphatic heterocycles. The van der Waals surface area contributed by atoms with E-state index in [0.717, 1.165) is 30.6 Å². The van der Waals surface area contributed by atoms with Crippen LogP contribution in [0, 0.1) is 18.6 Å². The van der Waals surface area contributed by atoms with Crippen molar-refractivity contribution in [3.8, 4) is 11.1 Å². The Morgan fingerprint density at radius 1 is 1.11 bits per heavy atom. The molecule has 1 nitrogen and oxygen atoms in total. The van der Waals surface area contributed by atoms with Gasteiger partial charge in [-0.2, -0.15) is 0 Å². The van der Waals surface area contributed by atoms with Crippen molar-refractivity contribution < 1.29 is 8.78 Å². The van der Waals surface area contributed by atoms with E-state index in [0.29, 0.717) is 11.1 Å². The zero-order chi connectivity index (χ0) is 13.4. The number of aryl methyl sites for hydroxylation is 1. The van der Waals surface area contributed by atoms with E-state index in [2.05, 4.69) is 5.32 Å². The molecule has 0 spiro atoms. The quantitative estimate of drug-likeness (QED) is 0.825. The minimum atomic E-state index is -0.491. The molecular weight excluding hydrogens is 244 g/mol. The molecule has 3 heteroatoms. The van der Waals surface area contributed by atoms with E-state index in [1.54, 1.807) is 6.92 Å². The number of benzene rings is 2. The molecule has 1 aliphatic rings. The monoisotopic (exact) mass is 259 g/mol. The second-order valence-electron chi connectivity index (χ2n) is 4.92. The van der Waals surface area contributed by atoms with Crippen LogP contribution in [0.5, 0.6) is 0 Å². The van der Waals surface area contributed by atoms with Gasteiger partial charge in [0.2, 0.25) is 0 Å². The molecule has 0 amide bonds. The summed E-state index contributed by atoms with van der Waals surface area (Å²) in [6.45, 7) is 3.27. The summed E-state index contributed by atoms with van der Waals surface area (Å²) in [5.41, 5.74) is 3.47. The van der Waals surface area contributed by atoms with E-state index >= 15 is 0 Å². The highest BCUT2D eigenvalue weighted by Gasteiger charge is 2.19. The Morgan fingerprint density at radius 3 is 2.79 bits per heavy atom. The highest BCUT2D eigenvalue weighted by molar-refractivity contribution is 5.71. The van der Waals surface area contributed by atoms with Crippen molar-refractivity contribution in [1.29, 1.82) is 0 Å². The first kappa shape index (κ1) is 12.3. The Labute approximate surface area is 111 Å². The van der Waals surface area contributed by atoms with Gasteiger partial charge in [-0.1, -0.05) is 24.3 Å². The number of nitrogens with one attached hydrogen (secondary N) is 1. The van der Waals surface area contributed by atoms with Gasteiger partial charge in [-0.25, -0.2) is 8.78 Å². The molecule has 2 aromatic rings. The van der Waals surface area contributed by atoms with Crippen LogP contribution in [-0.2, 0) is 13.0 Å². The number of hydrogen-bond acceptors (Lipinski definition) is 1. The molecule has 3 rings (SSSR count). The lowest BCUT2D eigenvalue weighted by atomic mass is 9.90. The summed E-state index contributed by atoms with van der Waals surface area (Å²) in [7, 11) is 0. The number of halogens is 2. The van der Waals surface area contributed by atoms with Gasteiger partial charge in [0, 0.05) is 6.54 Å². The Morgan fingerprint density at radius 2 is 1.95 bits per heavy atom. The molecule has 0 aromatic heterocycles. The van der Waals surface area contributed by atoms with Gasteiger partial charge in [0.05, 0.1) is 5.56 Å². The van der Waals surface area contributed by atoms with Crippen molar-refractivity contribution in [1.82, 2.24) is 5.32 Å². The van der Waals surface area contributed by atoms with Crippen LogP contribution in [0.2, 0.25) is 0 Å². The number of hydrogen-bond donors (Lipinski definition) is 1. The molecule has 19 heavy (non-hydrogen) atoms. The standard InChI is InChI=1S/C16H15F2N/c1-10-5-6-14(17)15(16(10)18)13-4-2-3-11-9-19-8-7-12(11)13/h2-6,19H,7-9H2,1H3. The normalized spacial score (nSPS) is 14.3. The van der Waals surface area contributed by atoms with Crippen molar-refractivity contribution in [3.05, 3.63) is 58.7 Å². The highest BCUT2D eigenvalue weighted by atomic mass is 19.1. The minimum Gasteiger partial charge on any atom is -0.312 e. The van der Waals surface area contributed by atoms with Crippen molar-refractivity contribution in [2.45, 2.75) is 19.9 Å². The zero-order valence-electron chi connectivity index (χ0n) is 10.8. The molecule has 0 bridgehead atoms. The molecule has 1 N–H and O–H groups in total. The fraction of sp³-hybridized carbons (Fsp3) is 0.250. The van der Waals surface area contributed by atoms with Crippen molar-refractivity contribution in [2.75, 3.05) is 6.54 Å². The van der Waals surface area contributed by atoms with E-state index in [1.807, 2.05) is 18.2 Å². The molecule has 0 atom stereocenters. The fourth-order valence-corrected chi connectivity index (χ4v) is 2.67. The fourth-order valence-electron chi connectivity index (χ4n) is 2.67. The van der Waals surface area contributed by atoms with Crippen molar-refractivity contribution in [2.24, 2.45) is 0 Å². The summed E-state index contributed by atoms with van der Waals surface area (Å²) < 4.78 is 28.3. The maximum Gasteiger partial charge on any atom is 0.136 e. The summed E-state index contributed by atoms with van der Waals surface area (Å²) >= 11 is 0. The first-order valence-corrected chi connectivity index (χ1v) is 6.45. The van der Waals surface area contributed by atoms with Crippen LogP contribution in [0.3, 0.4) is 0 Å². The van der Waals surface area contributed by atoms with Crippen LogP contribution in [-0.4, -0.2) is 6.54 Å². The molecule has 0 aliphatic carbocycles. The number of rotatable bonds is 1. The van der Waals surface area contributed by atoms with E-state index in [-0.39, 0.29) is 5.56 Å². The average Bonchev–Trinajstić information content (AvgIpc) is 2.44. The third-order valence-electron chi connectivity index (χ3n) is 3.69. The smallest absolute Gasteiger partial charge is 0.136 e. The lowest BCUT2D eigenvalue weighted by Gasteiger charge is -2.21. The second kappa shape index (κ2) is 4.74. The van der Waals surface area contributed by atoms with Crippen molar-refractivity contribution in [3.63, 3.8) is 0 Å². The van der Waals surface area contributed by atoms with Gasteiger partial charge in [0.1, 0.15) is 11.6 Å². The summed E-state index contributed by atoms with van der Waals surface area (Å²) in [6, 6.07) is 8.50. The van der Waals surface area contributed by atoms with Crippen LogP contribution in [0.4, 0.5) is 8.78 Å². The molecule has 0 saturated carbocycles. The predicted octanol–water partition coefficient (Wildman–Crippen LogP) is 3.59. The largest absolute Gasteiger partial charge is 0.312 e. The van der Waals surface area contributed by atoms with Crippen LogP contribution in [0.15, 0.2) is 30.3 Å². The van der Waals surface area contributed by atoms with Gasteiger partial charge in [0.25, 0.3) is 0 Å². The van der Waals surface area contributed by atoms with Crippen molar-refractivity contribution >= 4 is 0 Å². The number of fused-ring (bicyclic) bond motifs is 1. The van der Waals surface area contributed by atoms with E-state index < -0.39 is 11.6 Å². The van der Waals surface area contributed by atoms with Crippen LogP contribution in [0.25, 0.3) is 11.1 Å². The third-order valence-corrected chi connectivity index (χ3v) is 3.69. The Balaban J connectivity index is 2.26. The highest BCUT2D eigenvalue weighted by Crippen LogP contribution is 2.33. The molecule has 2 aromatic carbocycles. The second-order valence-corrected chi connectivity index (χ2v) is 4.92. The van der Waals surface area contributed by atoms with Crippen LogP contribution < -0.4 is 5.32 Å². The molecule has 0 fully saturated rings. The first-order valence-electron chi connectivity index (χ1n) is 6.45. The molecule has 0 unspecified atom stereocenters. The van der Waals surface area contributed by atoms with Gasteiger partial charge in [-0.05, 0) is 48.2 Å². The summed E-state index contributed by atoms with van der Waals surface area (Å²) in [6.07, 6.45) is 0.804. The Kier molecular flexibility index (Phi) is 3.07. The molecular formula is C16H15F2N. The lowest BCUT2D eigenvalue weighted by molar-refractivity contribution is 0.582. The van der Waals surface area contributed by atoms with E-state index in [1.165, 1.54) is 12.1 Å². The zero-order valence-corrected chi connectivity index (χ0v) is 10.8. The van der Waals surface area contributed by atoms with Crippen LogP contribution in [0.1, 0.15) is 16.7 Å². The van der Waals surface area contributed by atoms with Gasteiger partial charge in [-0.3, -0.25) is 0 Å². The Bertz CT molecular complexity index is 635. The summed E-state index contributed by atoms with van der Waals surface area (Å²) in [4.78, 5) is 0. The average molecular weight is 259 g/mol. The topological polar surface area (TPSA) is 12.0 Å². The minimum absolute atomic E-state index is 0.110. The van der Waals surface area contributed by atoms with Gasteiger partial charge < -0.3 is 5.32 Å². The lowest BCUT2D eigenvalue weighted by Crippen LogP contribution is -2.24. The van der Waals surface area contributed by atoms with Crippen LogP contribution >= 0.6 is 0 Å². The molecule has 0 radical (unpaired) electrons. The van der Waals surface area contributed by atoms with Gasteiger partial charge in [0.15, 0.2) is 0 Å². The molecule has 0 saturated heterocycles. The molecule has 98 valence electrons. The van der Waals surface area contributed by atoms with Gasteiger partial charge >= 0.3 is 0 Å². The third kappa shape index (κ3) is 2.04. The maximum absolute atomic E-state index is 14.3. The summed E-state index contributed by atoms with van der Waals surface area (Å²) in [5, 5.41) is 3.27. The Hall–Kier alpha value is -1.74. The van der Waals surface area contributed by atoms with Gasteiger partial charge in [-0.15, -0.1) is 0 Å². The molecule has 1 heterocycles. The SMILES string of the molecule is Cc1ccc(F)c(-c2cccc3c2CCNC3)c1F. The van der Waals surface area contributed by atoms with E-state index in [4.69, 9.17) is 0 Å². The summed E-state index contributed by atoms with van der Waals surface area (Å²) in [5.74, 6) is -0.943.